The summed E-state index contributed by atoms with van der Waals surface area (Å²) in [6.07, 6.45) is 7.64. The molecule has 0 aromatic carbocycles. The molecule has 5 rings (SSSR count). The smallest absolute Gasteiger partial charge is 0.257 e. The van der Waals surface area contributed by atoms with E-state index in [2.05, 4.69) is 9.97 Å². The topological polar surface area (TPSA) is 75.6 Å². The molecule has 0 radical (unpaired) electrons. The van der Waals surface area contributed by atoms with Crippen molar-refractivity contribution in [1.82, 2.24) is 19.8 Å². The summed E-state index contributed by atoms with van der Waals surface area (Å²) in [7, 11) is 0. The second-order valence-corrected chi connectivity index (χ2v) is 9.92. The SMILES string of the molecule is Cc1nc(CN2CCO[C@@]3(CN(C(=O)C4CCCC4)C[C@@H]3c3cccnc3)C2=O)cs1. The molecule has 1 saturated carbocycles. The number of rotatable bonds is 4. The molecule has 3 aliphatic rings. The maximum absolute atomic E-state index is 13.9. The minimum absolute atomic E-state index is 0.0417. The number of aryl methyl sites for hydroxylation is 1. The van der Waals surface area contributed by atoms with Crippen LogP contribution in [0.5, 0.6) is 0 Å². The zero-order valence-electron chi connectivity index (χ0n) is 17.8. The van der Waals surface area contributed by atoms with E-state index in [4.69, 9.17) is 4.74 Å². The van der Waals surface area contributed by atoms with E-state index in [9.17, 15) is 9.59 Å². The molecule has 3 fully saturated rings. The van der Waals surface area contributed by atoms with Crippen molar-refractivity contribution < 1.29 is 14.3 Å². The summed E-state index contributed by atoms with van der Waals surface area (Å²) in [6, 6.07) is 3.87. The number of aromatic nitrogens is 2. The maximum atomic E-state index is 13.9. The van der Waals surface area contributed by atoms with E-state index < -0.39 is 5.60 Å². The van der Waals surface area contributed by atoms with Gasteiger partial charge in [0.25, 0.3) is 5.91 Å². The van der Waals surface area contributed by atoms with E-state index >= 15 is 0 Å². The molecular weight excluding hydrogens is 412 g/mol. The Morgan fingerprint density at radius 3 is 2.90 bits per heavy atom. The number of thiazole rings is 1. The van der Waals surface area contributed by atoms with Crippen LogP contribution in [0, 0.1) is 12.8 Å². The Bertz CT molecular complexity index is 959. The summed E-state index contributed by atoms with van der Waals surface area (Å²) in [5, 5.41) is 3.00. The third-order valence-electron chi connectivity index (χ3n) is 6.88. The Morgan fingerprint density at radius 2 is 2.19 bits per heavy atom. The first-order valence-corrected chi connectivity index (χ1v) is 12.0. The molecule has 4 heterocycles. The molecule has 7 nitrogen and oxygen atoms in total. The number of likely N-dealkylation sites (tertiary alicyclic amines) is 1. The standard InChI is InChI=1S/C23H28N4O3S/c1-16-25-19(14-31-16)12-26-9-10-30-23(22(26)29)15-27(21(28)17-5-2-3-6-17)13-20(23)18-7-4-8-24-11-18/h4,7-8,11,14,17,20H,2-3,5-6,9-10,12-13,15H2,1H3/t20-,23-/m1/s1. The molecule has 2 aromatic rings. The third-order valence-corrected chi connectivity index (χ3v) is 7.71. The van der Waals surface area contributed by atoms with Crippen LogP contribution in [0.3, 0.4) is 0 Å². The first-order valence-electron chi connectivity index (χ1n) is 11.1. The van der Waals surface area contributed by atoms with Gasteiger partial charge >= 0.3 is 0 Å². The molecule has 2 amide bonds. The van der Waals surface area contributed by atoms with Crippen molar-refractivity contribution in [2.75, 3.05) is 26.2 Å². The molecule has 1 aliphatic carbocycles. The quantitative estimate of drug-likeness (QED) is 0.731. The van der Waals surface area contributed by atoms with E-state index in [1.165, 1.54) is 0 Å². The number of pyridine rings is 1. The largest absolute Gasteiger partial charge is 0.361 e. The van der Waals surface area contributed by atoms with Gasteiger partial charge in [-0.25, -0.2) is 4.98 Å². The summed E-state index contributed by atoms with van der Waals surface area (Å²) in [4.78, 5) is 39.6. The van der Waals surface area contributed by atoms with Gasteiger partial charge in [-0.1, -0.05) is 18.9 Å². The Kier molecular flexibility index (Phi) is 5.52. The fraction of sp³-hybridized carbons (Fsp3) is 0.565. The second-order valence-electron chi connectivity index (χ2n) is 8.86. The molecule has 2 saturated heterocycles. The Hall–Kier alpha value is -2.32. The van der Waals surface area contributed by atoms with Crippen molar-refractivity contribution in [2.45, 2.75) is 50.7 Å². The predicted molar refractivity (Wildman–Crippen MR) is 116 cm³/mol. The van der Waals surface area contributed by atoms with Crippen LogP contribution in [0.4, 0.5) is 0 Å². The van der Waals surface area contributed by atoms with E-state index in [-0.39, 0.29) is 23.7 Å². The van der Waals surface area contributed by atoms with Gasteiger partial charge in [-0.3, -0.25) is 14.6 Å². The Balaban J connectivity index is 1.45. The van der Waals surface area contributed by atoms with Crippen molar-refractivity contribution in [3.05, 3.63) is 46.2 Å². The number of morpholine rings is 1. The number of hydrogen-bond acceptors (Lipinski definition) is 6. The highest BCUT2D eigenvalue weighted by Crippen LogP contribution is 2.43. The van der Waals surface area contributed by atoms with Gasteiger partial charge in [-0.2, -0.15) is 0 Å². The lowest BCUT2D eigenvalue weighted by Crippen LogP contribution is -2.60. The number of nitrogens with zero attached hydrogens (tertiary/aromatic N) is 4. The van der Waals surface area contributed by atoms with Gasteiger partial charge in [0.2, 0.25) is 5.91 Å². The maximum Gasteiger partial charge on any atom is 0.257 e. The molecule has 1 spiro atoms. The molecule has 2 aliphatic heterocycles. The van der Waals surface area contributed by atoms with Gasteiger partial charge in [0.1, 0.15) is 0 Å². The lowest BCUT2D eigenvalue weighted by Gasteiger charge is -2.42. The van der Waals surface area contributed by atoms with Crippen LogP contribution in [0.25, 0.3) is 0 Å². The number of carbonyl (C=O) groups excluding carboxylic acids is 2. The molecule has 31 heavy (non-hydrogen) atoms. The second kappa shape index (κ2) is 8.31. The fourth-order valence-electron chi connectivity index (χ4n) is 5.34. The van der Waals surface area contributed by atoms with E-state index in [1.807, 2.05) is 34.2 Å². The molecule has 0 unspecified atom stereocenters. The summed E-state index contributed by atoms with van der Waals surface area (Å²) < 4.78 is 6.29. The molecule has 2 aromatic heterocycles. The molecular formula is C23H28N4O3S. The van der Waals surface area contributed by atoms with Crippen LogP contribution in [0.1, 0.15) is 47.9 Å². The van der Waals surface area contributed by atoms with Crippen LogP contribution in [-0.2, 0) is 20.9 Å². The highest BCUT2D eigenvalue weighted by atomic mass is 32.1. The molecule has 164 valence electrons. The van der Waals surface area contributed by atoms with Gasteiger partial charge in [0.05, 0.1) is 30.4 Å². The first-order chi connectivity index (χ1) is 15.1. The monoisotopic (exact) mass is 440 g/mol. The zero-order valence-corrected chi connectivity index (χ0v) is 18.6. The van der Waals surface area contributed by atoms with Crippen molar-refractivity contribution >= 4 is 23.2 Å². The van der Waals surface area contributed by atoms with Crippen LogP contribution in [0.15, 0.2) is 29.9 Å². The summed E-state index contributed by atoms with van der Waals surface area (Å²) in [5.74, 6) is -0.0107. The molecule has 8 heteroatoms. The van der Waals surface area contributed by atoms with Crippen molar-refractivity contribution in [3.63, 3.8) is 0 Å². The Labute approximate surface area is 186 Å². The van der Waals surface area contributed by atoms with Crippen LogP contribution in [0.2, 0.25) is 0 Å². The van der Waals surface area contributed by atoms with Gasteiger partial charge in [0, 0.05) is 42.7 Å². The van der Waals surface area contributed by atoms with Crippen LogP contribution < -0.4 is 0 Å². The number of carbonyl (C=O) groups is 2. The average Bonchev–Trinajstić information content (AvgIpc) is 3.53. The lowest BCUT2D eigenvalue weighted by atomic mass is 9.83. The molecule has 0 N–H and O–H groups in total. The number of amides is 2. The van der Waals surface area contributed by atoms with Crippen LogP contribution >= 0.6 is 11.3 Å². The summed E-state index contributed by atoms with van der Waals surface area (Å²) >= 11 is 1.59. The first kappa shape index (κ1) is 20.6. The highest BCUT2D eigenvalue weighted by molar-refractivity contribution is 7.09. The van der Waals surface area contributed by atoms with E-state index in [0.717, 1.165) is 41.9 Å². The lowest BCUT2D eigenvalue weighted by molar-refractivity contribution is -0.173. The van der Waals surface area contributed by atoms with Gasteiger partial charge in [-0.05, 0) is 31.4 Å². The van der Waals surface area contributed by atoms with Crippen LogP contribution in [-0.4, -0.2) is 63.4 Å². The third kappa shape index (κ3) is 3.76. The normalized spacial score (nSPS) is 26.9. The average molecular weight is 441 g/mol. The van der Waals surface area contributed by atoms with Gasteiger partial charge in [0.15, 0.2) is 5.60 Å². The minimum atomic E-state index is -1.05. The number of ether oxygens (including phenoxy) is 1. The van der Waals surface area contributed by atoms with Crippen molar-refractivity contribution in [2.24, 2.45) is 5.92 Å². The van der Waals surface area contributed by atoms with E-state index in [1.54, 1.807) is 23.7 Å². The Morgan fingerprint density at radius 1 is 1.35 bits per heavy atom. The summed E-state index contributed by atoms with van der Waals surface area (Å²) in [5.41, 5.74) is 0.798. The fourth-order valence-corrected chi connectivity index (χ4v) is 5.94. The van der Waals surface area contributed by atoms with Gasteiger partial charge in [-0.15, -0.1) is 11.3 Å². The number of hydrogen-bond donors (Lipinski definition) is 0. The van der Waals surface area contributed by atoms with Crippen molar-refractivity contribution in [1.29, 1.82) is 0 Å². The van der Waals surface area contributed by atoms with E-state index in [0.29, 0.717) is 32.8 Å². The predicted octanol–water partition coefficient (Wildman–Crippen LogP) is 2.76. The zero-order chi connectivity index (χ0) is 21.4. The highest BCUT2D eigenvalue weighted by Gasteiger charge is 2.58. The molecule has 2 atom stereocenters. The van der Waals surface area contributed by atoms with Crippen molar-refractivity contribution in [3.8, 4) is 0 Å². The van der Waals surface area contributed by atoms with Gasteiger partial charge < -0.3 is 14.5 Å². The minimum Gasteiger partial charge on any atom is -0.361 e. The summed E-state index contributed by atoms with van der Waals surface area (Å²) in [6.45, 7) is 4.25. The molecule has 0 bridgehead atoms.